The average molecular weight is 431 g/mol. The van der Waals surface area contributed by atoms with E-state index in [4.69, 9.17) is 14.5 Å². The first-order chi connectivity index (χ1) is 15.7. The van der Waals surface area contributed by atoms with E-state index < -0.39 is 0 Å². The molecule has 0 aliphatic heterocycles. The van der Waals surface area contributed by atoms with Crippen molar-refractivity contribution in [2.75, 3.05) is 26.1 Å². The number of benzene rings is 2. The fourth-order valence-electron chi connectivity index (χ4n) is 3.49. The SMILES string of the molecule is COc1ccc(OC)c(NC(=O)NCCc2nc3cccnc3n2Cc2ccccc2)c1. The summed E-state index contributed by atoms with van der Waals surface area (Å²) >= 11 is 0. The molecule has 2 heterocycles. The number of imidazole rings is 1. The Morgan fingerprint density at radius 2 is 1.88 bits per heavy atom. The molecule has 2 aromatic carbocycles. The van der Waals surface area contributed by atoms with E-state index in [2.05, 4.69) is 32.3 Å². The van der Waals surface area contributed by atoms with Gasteiger partial charge in [-0.2, -0.15) is 0 Å². The molecule has 0 fully saturated rings. The lowest BCUT2D eigenvalue weighted by Crippen LogP contribution is -2.31. The van der Waals surface area contributed by atoms with Crippen LogP contribution < -0.4 is 20.1 Å². The molecular weight excluding hydrogens is 406 g/mol. The van der Waals surface area contributed by atoms with Gasteiger partial charge in [0.1, 0.15) is 22.8 Å². The maximum absolute atomic E-state index is 12.5. The van der Waals surface area contributed by atoms with Crippen LogP contribution in [0.3, 0.4) is 0 Å². The van der Waals surface area contributed by atoms with Crippen molar-refractivity contribution in [1.29, 1.82) is 0 Å². The first-order valence-electron chi connectivity index (χ1n) is 10.3. The Hall–Kier alpha value is -4.07. The van der Waals surface area contributed by atoms with Crippen molar-refractivity contribution >= 4 is 22.9 Å². The van der Waals surface area contributed by atoms with E-state index in [1.54, 1.807) is 38.6 Å². The second-order valence-corrected chi connectivity index (χ2v) is 7.14. The summed E-state index contributed by atoms with van der Waals surface area (Å²) in [7, 11) is 3.12. The van der Waals surface area contributed by atoms with Gasteiger partial charge in [0.15, 0.2) is 5.65 Å². The van der Waals surface area contributed by atoms with Crippen LogP contribution in [-0.4, -0.2) is 41.3 Å². The third-order valence-electron chi connectivity index (χ3n) is 5.06. The van der Waals surface area contributed by atoms with E-state index in [1.807, 2.05) is 30.3 Å². The molecule has 2 amide bonds. The lowest BCUT2D eigenvalue weighted by molar-refractivity contribution is 0.252. The summed E-state index contributed by atoms with van der Waals surface area (Å²) in [6.45, 7) is 1.08. The van der Waals surface area contributed by atoms with E-state index in [0.717, 1.165) is 22.6 Å². The Balaban J connectivity index is 1.44. The molecule has 0 bridgehead atoms. The van der Waals surface area contributed by atoms with Gasteiger partial charge in [-0.05, 0) is 29.8 Å². The number of ether oxygens (including phenoxy) is 2. The molecule has 0 atom stereocenters. The Labute approximate surface area is 186 Å². The van der Waals surface area contributed by atoms with Gasteiger partial charge >= 0.3 is 6.03 Å². The van der Waals surface area contributed by atoms with Gasteiger partial charge in [-0.15, -0.1) is 0 Å². The number of hydrogen-bond acceptors (Lipinski definition) is 5. The molecule has 2 N–H and O–H groups in total. The van der Waals surface area contributed by atoms with E-state index in [-0.39, 0.29) is 6.03 Å². The maximum atomic E-state index is 12.5. The number of carbonyl (C=O) groups is 1. The van der Waals surface area contributed by atoms with Crippen molar-refractivity contribution in [3.05, 3.63) is 78.2 Å². The van der Waals surface area contributed by atoms with Gasteiger partial charge in [0.05, 0.1) is 26.5 Å². The number of hydrogen-bond donors (Lipinski definition) is 2. The van der Waals surface area contributed by atoms with Gasteiger partial charge in [0.25, 0.3) is 0 Å². The van der Waals surface area contributed by atoms with Crippen LogP contribution in [0.5, 0.6) is 11.5 Å². The Morgan fingerprint density at radius 1 is 1.03 bits per heavy atom. The fraction of sp³-hybridized carbons (Fsp3) is 0.208. The highest BCUT2D eigenvalue weighted by atomic mass is 16.5. The highest BCUT2D eigenvalue weighted by molar-refractivity contribution is 5.91. The van der Waals surface area contributed by atoms with E-state index in [1.165, 1.54) is 0 Å². The molecule has 164 valence electrons. The Kier molecular flexibility index (Phi) is 6.50. The third kappa shape index (κ3) is 4.80. The third-order valence-corrected chi connectivity index (χ3v) is 5.06. The smallest absolute Gasteiger partial charge is 0.319 e. The first-order valence-corrected chi connectivity index (χ1v) is 10.3. The minimum Gasteiger partial charge on any atom is -0.497 e. The summed E-state index contributed by atoms with van der Waals surface area (Å²) in [6.07, 6.45) is 2.33. The molecule has 0 aliphatic rings. The molecule has 8 heteroatoms. The standard InChI is InChI=1S/C24H25N5O3/c1-31-18-10-11-21(32-2)20(15-18)28-24(30)26-14-12-22-27-19-9-6-13-25-23(19)29(22)16-17-7-4-3-5-8-17/h3-11,13,15H,12,14,16H2,1-2H3,(H2,26,28,30). The summed E-state index contributed by atoms with van der Waals surface area (Å²) in [5.41, 5.74) is 3.36. The predicted octanol–water partition coefficient (Wildman–Crippen LogP) is 3.86. The Morgan fingerprint density at radius 3 is 2.66 bits per heavy atom. The molecule has 4 aromatic rings. The quantitative estimate of drug-likeness (QED) is 0.442. The summed E-state index contributed by atoms with van der Waals surface area (Å²) in [4.78, 5) is 21.7. The molecule has 0 saturated heterocycles. The fourth-order valence-corrected chi connectivity index (χ4v) is 3.49. The monoisotopic (exact) mass is 431 g/mol. The molecule has 0 saturated carbocycles. The highest BCUT2D eigenvalue weighted by Crippen LogP contribution is 2.28. The van der Waals surface area contributed by atoms with Gasteiger partial charge in [0, 0.05) is 25.2 Å². The topological polar surface area (TPSA) is 90.3 Å². The van der Waals surface area contributed by atoms with Crippen LogP contribution in [0.4, 0.5) is 10.5 Å². The van der Waals surface area contributed by atoms with E-state index in [9.17, 15) is 4.79 Å². The summed E-state index contributed by atoms with van der Waals surface area (Å²) in [5.74, 6) is 2.04. The second kappa shape index (κ2) is 9.82. The van der Waals surface area contributed by atoms with E-state index in [0.29, 0.717) is 36.7 Å². The number of fused-ring (bicyclic) bond motifs is 1. The lowest BCUT2D eigenvalue weighted by atomic mass is 10.2. The number of aromatic nitrogens is 3. The lowest BCUT2D eigenvalue weighted by Gasteiger charge is -2.13. The molecule has 32 heavy (non-hydrogen) atoms. The number of anilines is 1. The van der Waals surface area contributed by atoms with Crippen LogP contribution in [0.15, 0.2) is 66.9 Å². The zero-order valence-corrected chi connectivity index (χ0v) is 18.0. The van der Waals surface area contributed by atoms with Crippen LogP contribution >= 0.6 is 0 Å². The summed E-state index contributed by atoms with van der Waals surface area (Å²) in [5, 5.41) is 5.69. The first kappa shape index (κ1) is 21.2. The number of pyridine rings is 1. The molecule has 0 aliphatic carbocycles. The number of amides is 2. The summed E-state index contributed by atoms with van der Waals surface area (Å²) < 4.78 is 12.6. The van der Waals surface area contributed by atoms with Gasteiger partial charge in [0.2, 0.25) is 0 Å². The molecule has 0 spiro atoms. The van der Waals surface area contributed by atoms with Crippen molar-refractivity contribution in [3.63, 3.8) is 0 Å². The minimum atomic E-state index is -0.333. The maximum Gasteiger partial charge on any atom is 0.319 e. The van der Waals surface area contributed by atoms with Crippen molar-refractivity contribution in [2.24, 2.45) is 0 Å². The van der Waals surface area contributed by atoms with Gasteiger partial charge < -0.3 is 24.7 Å². The molecule has 0 radical (unpaired) electrons. The molecule has 0 unspecified atom stereocenters. The number of urea groups is 1. The molecule has 8 nitrogen and oxygen atoms in total. The zero-order chi connectivity index (χ0) is 22.3. The molecule has 4 rings (SSSR count). The number of nitrogens with zero attached hydrogens (tertiary/aromatic N) is 3. The minimum absolute atomic E-state index is 0.333. The van der Waals surface area contributed by atoms with Crippen molar-refractivity contribution in [3.8, 4) is 11.5 Å². The second-order valence-electron chi connectivity index (χ2n) is 7.14. The Bertz CT molecular complexity index is 1210. The molecule has 2 aromatic heterocycles. The average Bonchev–Trinajstić information content (AvgIpc) is 3.17. The number of rotatable bonds is 8. The van der Waals surface area contributed by atoms with Gasteiger partial charge in [-0.25, -0.2) is 14.8 Å². The molecular formula is C24H25N5O3. The number of nitrogens with one attached hydrogen (secondary N) is 2. The summed E-state index contributed by atoms with van der Waals surface area (Å²) in [6, 6.07) is 18.9. The zero-order valence-electron chi connectivity index (χ0n) is 18.0. The predicted molar refractivity (Wildman–Crippen MR) is 123 cm³/mol. The van der Waals surface area contributed by atoms with E-state index >= 15 is 0 Å². The van der Waals surface area contributed by atoms with Crippen LogP contribution in [0, 0.1) is 0 Å². The van der Waals surface area contributed by atoms with Crippen molar-refractivity contribution in [2.45, 2.75) is 13.0 Å². The normalized spacial score (nSPS) is 10.7. The number of carbonyl (C=O) groups excluding carboxylic acids is 1. The van der Waals surface area contributed by atoms with Gasteiger partial charge in [-0.3, -0.25) is 0 Å². The number of methoxy groups -OCH3 is 2. The van der Waals surface area contributed by atoms with Crippen LogP contribution in [-0.2, 0) is 13.0 Å². The highest BCUT2D eigenvalue weighted by Gasteiger charge is 2.13. The van der Waals surface area contributed by atoms with Gasteiger partial charge in [-0.1, -0.05) is 30.3 Å². The van der Waals surface area contributed by atoms with Crippen molar-refractivity contribution < 1.29 is 14.3 Å². The van der Waals surface area contributed by atoms with Crippen LogP contribution in [0.25, 0.3) is 11.2 Å². The van der Waals surface area contributed by atoms with Crippen molar-refractivity contribution in [1.82, 2.24) is 19.9 Å². The van der Waals surface area contributed by atoms with Crippen LogP contribution in [0.1, 0.15) is 11.4 Å². The largest absolute Gasteiger partial charge is 0.497 e. The van der Waals surface area contributed by atoms with Crippen LogP contribution in [0.2, 0.25) is 0 Å².